The second-order valence-electron chi connectivity index (χ2n) is 6.34. The van der Waals surface area contributed by atoms with Gasteiger partial charge >= 0.3 is 0 Å². The van der Waals surface area contributed by atoms with Gasteiger partial charge in [0.1, 0.15) is 5.75 Å². The van der Waals surface area contributed by atoms with Gasteiger partial charge in [0.2, 0.25) is 0 Å². The van der Waals surface area contributed by atoms with Crippen LogP contribution in [0.1, 0.15) is 29.2 Å². The molecule has 1 unspecified atom stereocenters. The van der Waals surface area contributed by atoms with Crippen LogP contribution in [0.4, 0.5) is 0 Å². The lowest BCUT2D eigenvalue weighted by atomic mass is 9.95. The predicted octanol–water partition coefficient (Wildman–Crippen LogP) is 4.15. The van der Waals surface area contributed by atoms with Gasteiger partial charge in [-0.2, -0.15) is 0 Å². The number of methoxy groups -OCH3 is 1. The molecule has 4 heteroatoms. The van der Waals surface area contributed by atoms with Gasteiger partial charge in [-0.3, -0.25) is 4.90 Å². The minimum atomic E-state index is 0.206. The van der Waals surface area contributed by atoms with Gasteiger partial charge in [0.05, 0.1) is 13.2 Å². The fourth-order valence-electron chi connectivity index (χ4n) is 3.38. The third-order valence-electron chi connectivity index (χ3n) is 4.62. The maximum atomic E-state index is 5.69. The van der Waals surface area contributed by atoms with Crippen LogP contribution in [0.3, 0.4) is 0 Å². The minimum absolute atomic E-state index is 0.206. The van der Waals surface area contributed by atoms with Gasteiger partial charge in [0, 0.05) is 29.7 Å². The summed E-state index contributed by atoms with van der Waals surface area (Å²) in [7, 11) is 1.75. The zero-order chi connectivity index (χ0) is 16.9. The average Bonchev–Trinajstić information content (AvgIpc) is 2.86. The number of rotatable bonds is 4. The van der Waals surface area contributed by atoms with E-state index in [1.165, 1.54) is 23.1 Å². The number of nitrogens with one attached hydrogen (secondary N) is 1. The van der Waals surface area contributed by atoms with Crippen molar-refractivity contribution in [2.75, 3.05) is 33.3 Å². The molecule has 3 nitrogen and oxygen atoms in total. The van der Waals surface area contributed by atoms with E-state index in [2.05, 4.69) is 69.5 Å². The second kappa shape index (κ2) is 8.15. The number of ether oxygens (including phenoxy) is 1. The van der Waals surface area contributed by atoms with Crippen LogP contribution >= 0.6 is 15.9 Å². The van der Waals surface area contributed by atoms with Crippen LogP contribution < -0.4 is 10.1 Å². The molecule has 1 aliphatic heterocycles. The van der Waals surface area contributed by atoms with Gasteiger partial charge in [-0.15, -0.1) is 0 Å². The van der Waals surface area contributed by atoms with Gasteiger partial charge in [-0.05, 0) is 43.7 Å². The summed E-state index contributed by atoms with van der Waals surface area (Å²) in [6, 6.07) is 15.4. The van der Waals surface area contributed by atoms with Gasteiger partial charge in [-0.25, -0.2) is 0 Å². The van der Waals surface area contributed by atoms with Crippen molar-refractivity contribution in [3.8, 4) is 5.75 Å². The van der Waals surface area contributed by atoms with E-state index in [9.17, 15) is 0 Å². The molecule has 1 aliphatic rings. The molecule has 3 rings (SSSR count). The molecule has 0 amide bonds. The lowest BCUT2D eigenvalue weighted by Crippen LogP contribution is -2.33. The van der Waals surface area contributed by atoms with Crippen molar-refractivity contribution in [2.24, 2.45) is 0 Å². The average molecular weight is 389 g/mol. The smallest absolute Gasteiger partial charge is 0.124 e. The third kappa shape index (κ3) is 4.00. The largest absolute Gasteiger partial charge is 0.496 e. The van der Waals surface area contributed by atoms with Gasteiger partial charge in [0.25, 0.3) is 0 Å². The zero-order valence-corrected chi connectivity index (χ0v) is 16.0. The summed E-state index contributed by atoms with van der Waals surface area (Å²) in [5.41, 5.74) is 3.83. The maximum Gasteiger partial charge on any atom is 0.124 e. The monoisotopic (exact) mass is 388 g/mol. The molecular formula is C20H25BrN2O. The van der Waals surface area contributed by atoms with Crippen molar-refractivity contribution in [2.45, 2.75) is 19.4 Å². The SMILES string of the molecule is COc1ccc(Br)cc1C(c1ccc(C)cc1)N1CCCNCC1. The van der Waals surface area contributed by atoms with Gasteiger partial charge in [-0.1, -0.05) is 45.8 Å². The molecule has 2 aromatic carbocycles. The molecule has 0 aromatic heterocycles. The van der Waals surface area contributed by atoms with E-state index in [-0.39, 0.29) is 6.04 Å². The van der Waals surface area contributed by atoms with Crippen LogP contribution in [0, 0.1) is 6.92 Å². The van der Waals surface area contributed by atoms with Crippen LogP contribution in [-0.4, -0.2) is 38.2 Å². The normalized spacial score (nSPS) is 17.3. The summed E-state index contributed by atoms with van der Waals surface area (Å²) in [6.07, 6.45) is 1.17. The summed E-state index contributed by atoms with van der Waals surface area (Å²) in [5.74, 6) is 0.945. The van der Waals surface area contributed by atoms with Crippen molar-refractivity contribution in [1.29, 1.82) is 0 Å². The Morgan fingerprint density at radius 1 is 1.08 bits per heavy atom. The van der Waals surface area contributed by atoms with Crippen LogP contribution in [0.5, 0.6) is 5.75 Å². The highest BCUT2D eigenvalue weighted by atomic mass is 79.9. The number of nitrogens with zero attached hydrogens (tertiary/aromatic N) is 1. The first kappa shape index (κ1) is 17.5. The van der Waals surface area contributed by atoms with Crippen LogP contribution in [0.15, 0.2) is 46.9 Å². The third-order valence-corrected chi connectivity index (χ3v) is 5.11. The summed E-state index contributed by atoms with van der Waals surface area (Å²) in [5, 5.41) is 3.50. The van der Waals surface area contributed by atoms with E-state index in [0.29, 0.717) is 0 Å². The number of halogens is 1. The Hall–Kier alpha value is -1.36. The van der Waals surface area contributed by atoms with E-state index >= 15 is 0 Å². The van der Waals surface area contributed by atoms with Crippen molar-refractivity contribution in [3.63, 3.8) is 0 Å². The molecule has 1 heterocycles. The van der Waals surface area contributed by atoms with E-state index in [0.717, 1.165) is 36.4 Å². The van der Waals surface area contributed by atoms with Crippen LogP contribution in [0.2, 0.25) is 0 Å². The fourth-order valence-corrected chi connectivity index (χ4v) is 3.76. The van der Waals surface area contributed by atoms with Crippen molar-refractivity contribution < 1.29 is 4.74 Å². The van der Waals surface area contributed by atoms with E-state index < -0.39 is 0 Å². The lowest BCUT2D eigenvalue weighted by molar-refractivity contribution is 0.236. The fraction of sp³-hybridized carbons (Fsp3) is 0.400. The maximum absolute atomic E-state index is 5.69. The first-order valence-electron chi connectivity index (χ1n) is 8.54. The highest BCUT2D eigenvalue weighted by Gasteiger charge is 2.26. The topological polar surface area (TPSA) is 24.5 Å². The number of hydrogen-bond acceptors (Lipinski definition) is 3. The van der Waals surface area contributed by atoms with E-state index in [1.54, 1.807) is 7.11 Å². The first-order valence-corrected chi connectivity index (χ1v) is 9.33. The molecular weight excluding hydrogens is 364 g/mol. The Morgan fingerprint density at radius 3 is 2.62 bits per heavy atom. The van der Waals surface area contributed by atoms with Gasteiger partial charge in [0.15, 0.2) is 0 Å². The minimum Gasteiger partial charge on any atom is -0.496 e. The molecule has 128 valence electrons. The Bertz CT molecular complexity index is 664. The second-order valence-corrected chi connectivity index (χ2v) is 7.25. The highest BCUT2D eigenvalue weighted by molar-refractivity contribution is 9.10. The summed E-state index contributed by atoms with van der Waals surface area (Å²) >= 11 is 3.63. The molecule has 1 N–H and O–H groups in total. The summed E-state index contributed by atoms with van der Waals surface area (Å²) in [6.45, 7) is 6.37. The molecule has 1 saturated heterocycles. The Labute approximate surface area is 153 Å². The molecule has 0 saturated carbocycles. The van der Waals surface area contributed by atoms with E-state index in [1.807, 2.05) is 6.07 Å². The standard InChI is InChI=1S/C20H25BrN2O/c1-15-4-6-16(7-5-15)20(23-12-3-10-22-11-13-23)18-14-17(21)8-9-19(18)24-2/h4-9,14,20,22H,3,10-13H2,1-2H3. The number of hydrogen-bond donors (Lipinski definition) is 1. The van der Waals surface area contributed by atoms with Crippen molar-refractivity contribution in [1.82, 2.24) is 10.2 Å². The van der Waals surface area contributed by atoms with Crippen molar-refractivity contribution >= 4 is 15.9 Å². The summed E-state index contributed by atoms with van der Waals surface area (Å²) < 4.78 is 6.77. The van der Waals surface area contributed by atoms with Crippen LogP contribution in [0.25, 0.3) is 0 Å². The lowest BCUT2D eigenvalue weighted by Gasteiger charge is -2.32. The first-order chi connectivity index (χ1) is 11.7. The Kier molecular flexibility index (Phi) is 5.93. The van der Waals surface area contributed by atoms with Crippen molar-refractivity contribution in [3.05, 3.63) is 63.6 Å². The molecule has 0 bridgehead atoms. The molecule has 0 spiro atoms. The predicted molar refractivity (Wildman–Crippen MR) is 103 cm³/mol. The Morgan fingerprint density at radius 2 is 1.88 bits per heavy atom. The molecule has 0 aliphatic carbocycles. The molecule has 24 heavy (non-hydrogen) atoms. The Balaban J connectivity index is 2.07. The number of benzene rings is 2. The number of aryl methyl sites for hydroxylation is 1. The highest BCUT2D eigenvalue weighted by Crippen LogP contribution is 2.36. The summed E-state index contributed by atoms with van der Waals surface area (Å²) in [4.78, 5) is 2.56. The quantitative estimate of drug-likeness (QED) is 0.850. The molecule has 2 aromatic rings. The van der Waals surface area contributed by atoms with E-state index in [4.69, 9.17) is 4.74 Å². The zero-order valence-electron chi connectivity index (χ0n) is 14.4. The molecule has 1 fully saturated rings. The molecule has 1 atom stereocenters. The molecule has 0 radical (unpaired) electrons. The van der Waals surface area contributed by atoms with Crippen LogP contribution in [-0.2, 0) is 0 Å². The van der Waals surface area contributed by atoms with Gasteiger partial charge < -0.3 is 10.1 Å².